The van der Waals surface area contributed by atoms with Gasteiger partial charge in [-0.3, -0.25) is 9.36 Å². The molecule has 3 heterocycles. The highest BCUT2D eigenvalue weighted by Crippen LogP contribution is 2.33. The fraction of sp³-hybridized carbons (Fsp3) is 0.364. The molecular weight excluding hydrogens is 284 g/mol. The molecule has 1 aliphatic heterocycles. The maximum absolute atomic E-state index is 12.1. The van der Waals surface area contributed by atoms with Crippen LogP contribution in [0.3, 0.4) is 0 Å². The van der Waals surface area contributed by atoms with Gasteiger partial charge in [-0.25, -0.2) is 4.98 Å². The molecule has 106 valence electrons. The second kappa shape index (κ2) is 4.63. The topological polar surface area (TPSA) is 123 Å². The lowest BCUT2D eigenvalue weighted by molar-refractivity contribution is -0.0492. The van der Waals surface area contributed by atoms with E-state index in [1.165, 1.54) is 10.8 Å². The van der Waals surface area contributed by atoms with Crippen molar-refractivity contribution in [3.63, 3.8) is 0 Å². The third-order valence-electron chi connectivity index (χ3n) is 3.16. The van der Waals surface area contributed by atoms with Gasteiger partial charge >= 0.3 is 4.87 Å². The van der Waals surface area contributed by atoms with E-state index < -0.39 is 18.4 Å². The molecule has 0 aromatic carbocycles. The summed E-state index contributed by atoms with van der Waals surface area (Å²) in [7, 11) is 0. The first-order valence-corrected chi connectivity index (χ1v) is 6.61. The normalized spacial score (nSPS) is 26.5. The number of rotatable bonds is 2. The molecule has 0 radical (unpaired) electrons. The van der Waals surface area contributed by atoms with Crippen LogP contribution in [0.15, 0.2) is 23.1 Å². The van der Waals surface area contributed by atoms with Gasteiger partial charge in [-0.15, -0.1) is 0 Å². The number of nitrogens with two attached hydrogens (primary N) is 1. The van der Waals surface area contributed by atoms with Gasteiger partial charge in [0.2, 0.25) is 5.95 Å². The molecule has 0 spiro atoms. The van der Waals surface area contributed by atoms with Gasteiger partial charge in [-0.05, 0) is 5.57 Å². The monoisotopic (exact) mass is 296 g/mol. The SMILES string of the molecule is C=C1[C@@H](O)[C@H](n2c(=O)sc3cnc(N)nc32)O[C@@H]1CO. The van der Waals surface area contributed by atoms with E-state index in [1.54, 1.807) is 0 Å². The number of thiazole rings is 1. The molecule has 3 rings (SSSR count). The minimum atomic E-state index is -1.10. The Balaban J connectivity index is 2.15. The molecule has 0 aliphatic carbocycles. The van der Waals surface area contributed by atoms with E-state index in [1.807, 2.05) is 0 Å². The second-order valence-corrected chi connectivity index (χ2v) is 5.36. The molecule has 4 N–H and O–H groups in total. The van der Waals surface area contributed by atoms with Crippen LogP contribution in [0.4, 0.5) is 5.95 Å². The van der Waals surface area contributed by atoms with Crippen molar-refractivity contribution in [3.05, 3.63) is 28.0 Å². The van der Waals surface area contributed by atoms with E-state index in [2.05, 4.69) is 16.5 Å². The number of hydrogen-bond acceptors (Lipinski definition) is 8. The predicted octanol–water partition coefficient (Wildman–Crippen LogP) is -0.758. The van der Waals surface area contributed by atoms with Gasteiger partial charge in [-0.2, -0.15) is 4.98 Å². The number of aliphatic hydroxyl groups is 2. The summed E-state index contributed by atoms with van der Waals surface area (Å²) in [6.07, 6.45) is -1.34. The smallest absolute Gasteiger partial charge is 0.311 e. The van der Waals surface area contributed by atoms with Gasteiger partial charge < -0.3 is 20.7 Å². The third kappa shape index (κ3) is 1.83. The van der Waals surface area contributed by atoms with Crippen LogP contribution < -0.4 is 10.6 Å². The Morgan fingerprint density at radius 2 is 2.35 bits per heavy atom. The Morgan fingerprint density at radius 3 is 3.00 bits per heavy atom. The maximum atomic E-state index is 12.1. The molecule has 20 heavy (non-hydrogen) atoms. The Hall–Kier alpha value is -1.81. The van der Waals surface area contributed by atoms with Crippen LogP contribution in [0, 0.1) is 0 Å². The largest absolute Gasteiger partial charge is 0.393 e. The standard InChI is InChI=1S/C11H12N4O4S/c1-4-5(3-16)19-9(7(4)17)15-8-6(20-11(15)18)2-13-10(12)14-8/h2,5,7,9,16-17H,1,3H2,(H2,12,13,14)/t5-,7-,9-/m1/s1. The molecule has 1 saturated heterocycles. The molecule has 2 aromatic heterocycles. The van der Waals surface area contributed by atoms with Gasteiger partial charge in [0.1, 0.15) is 12.2 Å². The Kier molecular flexibility index (Phi) is 3.05. The van der Waals surface area contributed by atoms with Gasteiger partial charge in [-0.1, -0.05) is 17.9 Å². The molecule has 0 unspecified atom stereocenters. The number of ether oxygens (including phenoxy) is 1. The van der Waals surface area contributed by atoms with E-state index in [0.29, 0.717) is 15.9 Å². The quantitative estimate of drug-likeness (QED) is 0.622. The summed E-state index contributed by atoms with van der Waals surface area (Å²) in [5.74, 6) is 0.0223. The average molecular weight is 296 g/mol. The number of nitrogen functional groups attached to an aromatic ring is 1. The first-order valence-electron chi connectivity index (χ1n) is 5.79. The Bertz CT molecular complexity index is 740. The first kappa shape index (κ1) is 13.2. The van der Waals surface area contributed by atoms with Crippen molar-refractivity contribution in [3.8, 4) is 0 Å². The number of nitrogens with zero attached hydrogens (tertiary/aromatic N) is 3. The summed E-state index contributed by atoms with van der Waals surface area (Å²) in [4.78, 5) is 19.5. The number of aliphatic hydroxyl groups excluding tert-OH is 2. The Labute approximate surface area is 116 Å². The molecule has 1 aliphatic rings. The van der Waals surface area contributed by atoms with Crippen LogP contribution in [0.25, 0.3) is 10.3 Å². The zero-order valence-corrected chi connectivity index (χ0v) is 11.1. The van der Waals surface area contributed by atoms with E-state index in [0.717, 1.165) is 11.3 Å². The van der Waals surface area contributed by atoms with E-state index in [4.69, 9.17) is 15.6 Å². The molecule has 0 amide bonds. The van der Waals surface area contributed by atoms with Crippen molar-refractivity contribution in [2.24, 2.45) is 0 Å². The van der Waals surface area contributed by atoms with Crippen molar-refractivity contribution in [2.45, 2.75) is 18.4 Å². The first-order chi connectivity index (χ1) is 9.52. The van der Waals surface area contributed by atoms with Crippen molar-refractivity contribution >= 4 is 27.6 Å². The van der Waals surface area contributed by atoms with Crippen LogP contribution in [0.1, 0.15) is 6.23 Å². The lowest BCUT2D eigenvalue weighted by Crippen LogP contribution is -2.27. The fourth-order valence-corrected chi connectivity index (χ4v) is 2.96. The van der Waals surface area contributed by atoms with Gasteiger partial charge in [0, 0.05) is 0 Å². The van der Waals surface area contributed by atoms with Crippen LogP contribution >= 0.6 is 11.3 Å². The molecule has 0 bridgehead atoms. The number of aromatic nitrogens is 3. The molecule has 3 atom stereocenters. The highest BCUT2D eigenvalue weighted by Gasteiger charge is 2.40. The summed E-state index contributed by atoms with van der Waals surface area (Å²) in [5.41, 5.74) is 6.14. The molecule has 8 nitrogen and oxygen atoms in total. The predicted molar refractivity (Wildman–Crippen MR) is 72.2 cm³/mol. The van der Waals surface area contributed by atoms with Crippen LogP contribution in [-0.2, 0) is 4.74 Å². The van der Waals surface area contributed by atoms with Gasteiger partial charge in [0.05, 0.1) is 17.5 Å². The van der Waals surface area contributed by atoms with Crippen molar-refractivity contribution in [1.29, 1.82) is 0 Å². The van der Waals surface area contributed by atoms with Crippen molar-refractivity contribution in [2.75, 3.05) is 12.3 Å². The zero-order chi connectivity index (χ0) is 14.4. The zero-order valence-electron chi connectivity index (χ0n) is 10.3. The summed E-state index contributed by atoms with van der Waals surface area (Å²) in [6.45, 7) is 3.35. The molecule has 9 heteroatoms. The average Bonchev–Trinajstić information content (AvgIpc) is 2.88. The summed E-state index contributed by atoms with van der Waals surface area (Å²) in [6, 6.07) is 0. The number of anilines is 1. The second-order valence-electron chi connectivity index (χ2n) is 4.37. The van der Waals surface area contributed by atoms with Crippen molar-refractivity contribution < 1.29 is 14.9 Å². The lowest BCUT2D eigenvalue weighted by Gasteiger charge is -2.15. The third-order valence-corrected chi connectivity index (χ3v) is 4.04. The lowest BCUT2D eigenvalue weighted by atomic mass is 10.1. The van der Waals surface area contributed by atoms with Gasteiger partial charge in [0.15, 0.2) is 11.9 Å². The molecule has 2 aromatic rings. The highest BCUT2D eigenvalue weighted by atomic mass is 32.1. The summed E-state index contributed by atoms with van der Waals surface area (Å²) < 4.78 is 7.23. The molecule has 0 saturated carbocycles. The summed E-state index contributed by atoms with van der Waals surface area (Å²) in [5, 5.41) is 19.3. The van der Waals surface area contributed by atoms with Crippen LogP contribution in [0.2, 0.25) is 0 Å². The fourth-order valence-electron chi connectivity index (χ4n) is 2.14. The molecule has 1 fully saturated rings. The highest BCUT2D eigenvalue weighted by molar-refractivity contribution is 7.16. The van der Waals surface area contributed by atoms with Crippen LogP contribution in [-0.4, -0.2) is 43.6 Å². The summed E-state index contributed by atoms with van der Waals surface area (Å²) >= 11 is 0.930. The number of hydrogen-bond donors (Lipinski definition) is 3. The minimum absolute atomic E-state index is 0.0223. The van der Waals surface area contributed by atoms with E-state index in [-0.39, 0.29) is 17.4 Å². The van der Waals surface area contributed by atoms with E-state index >= 15 is 0 Å². The van der Waals surface area contributed by atoms with E-state index in [9.17, 15) is 9.90 Å². The Morgan fingerprint density at radius 1 is 1.60 bits per heavy atom. The number of fused-ring (bicyclic) bond motifs is 1. The van der Waals surface area contributed by atoms with Crippen molar-refractivity contribution in [1.82, 2.24) is 14.5 Å². The van der Waals surface area contributed by atoms with Gasteiger partial charge in [0.25, 0.3) is 0 Å². The van der Waals surface area contributed by atoms with Crippen LogP contribution in [0.5, 0.6) is 0 Å². The minimum Gasteiger partial charge on any atom is -0.393 e. The maximum Gasteiger partial charge on any atom is 0.311 e. The molecular formula is C11H12N4O4S.